The number of hydrogen-bond acceptors (Lipinski definition) is 5. The summed E-state index contributed by atoms with van der Waals surface area (Å²) in [6.45, 7) is 2.03. The SMILES string of the molecule is CN1C(=O)[C@H]2COC[C@@H]1CN(c1ncc(F)cn1)C2. The number of aromatic nitrogens is 2. The smallest absolute Gasteiger partial charge is 0.229 e. The molecule has 0 saturated carbocycles. The standard InChI is InChI=1S/C12H15FN4O2/c1-16-10-5-17(12-14-2-9(13)3-15-12)4-8(11(16)18)6-19-7-10/h2-3,8,10H,4-7H2,1H3/t8-,10+/m1/s1. The highest BCUT2D eigenvalue weighted by molar-refractivity contribution is 5.80. The van der Waals surface area contributed by atoms with Crippen molar-refractivity contribution in [2.75, 3.05) is 38.3 Å². The van der Waals surface area contributed by atoms with Crippen molar-refractivity contribution < 1.29 is 13.9 Å². The quantitative estimate of drug-likeness (QED) is 0.711. The van der Waals surface area contributed by atoms with Crippen LogP contribution in [0.25, 0.3) is 0 Å². The highest BCUT2D eigenvalue weighted by Crippen LogP contribution is 2.22. The van der Waals surface area contributed by atoms with Crippen LogP contribution in [0.15, 0.2) is 12.4 Å². The van der Waals surface area contributed by atoms with Crippen molar-refractivity contribution >= 4 is 11.9 Å². The summed E-state index contributed by atoms with van der Waals surface area (Å²) in [5.41, 5.74) is 0. The Balaban J connectivity index is 1.89. The lowest BCUT2D eigenvalue weighted by Gasteiger charge is -2.29. The number of fused-ring (bicyclic) bond motifs is 3. The van der Waals surface area contributed by atoms with Gasteiger partial charge in [-0.05, 0) is 0 Å². The largest absolute Gasteiger partial charge is 0.378 e. The highest BCUT2D eigenvalue weighted by Gasteiger charge is 2.37. The third-order valence-corrected chi connectivity index (χ3v) is 3.64. The Kier molecular flexibility index (Phi) is 3.06. The zero-order chi connectivity index (χ0) is 13.4. The number of hydrogen-bond donors (Lipinski definition) is 0. The molecule has 7 heteroatoms. The zero-order valence-electron chi connectivity index (χ0n) is 10.6. The zero-order valence-corrected chi connectivity index (χ0v) is 10.6. The number of likely N-dealkylation sites (N-methyl/N-ethyl adjacent to an activating group) is 1. The van der Waals surface area contributed by atoms with Gasteiger partial charge in [0.15, 0.2) is 5.82 Å². The fraction of sp³-hybridized carbons (Fsp3) is 0.583. The molecule has 1 aromatic heterocycles. The summed E-state index contributed by atoms with van der Waals surface area (Å²) in [6, 6.07) is -0.0198. The Morgan fingerprint density at radius 3 is 2.79 bits per heavy atom. The molecule has 1 aromatic rings. The average molecular weight is 266 g/mol. The highest BCUT2D eigenvalue weighted by atomic mass is 19.1. The Morgan fingerprint density at radius 2 is 2.05 bits per heavy atom. The predicted molar refractivity (Wildman–Crippen MR) is 65.1 cm³/mol. The van der Waals surface area contributed by atoms with E-state index < -0.39 is 5.82 Å². The lowest BCUT2D eigenvalue weighted by molar-refractivity contribution is -0.133. The van der Waals surface area contributed by atoms with Gasteiger partial charge in [0.1, 0.15) is 0 Å². The minimum atomic E-state index is -0.463. The Hall–Kier alpha value is -1.76. The summed E-state index contributed by atoms with van der Waals surface area (Å²) in [4.78, 5) is 23.8. The van der Waals surface area contributed by atoms with Crippen molar-refractivity contribution in [1.82, 2.24) is 14.9 Å². The van der Waals surface area contributed by atoms with Crippen LogP contribution < -0.4 is 4.90 Å². The number of halogens is 1. The van der Waals surface area contributed by atoms with E-state index in [0.29, 0.717) is 32.3 Å². The first-order chi connectivity index (χ1) is 9.15. The summed E-state index contributed by atoms with van der Waals surface area (Å²) in [7, 11) is 1.80. The molecule has 0 N–H and O–H groups in total. The topological polar surface area (TPSA) is 58.6 Å². The summed E-state index contributed by atoms with van der Waals surface area (Å²) in [5, 5.41) is 0. The van der Waals surface area contributed by atoms with Gasteiger partial charge in [0, 0.05) is 20.1 Å². The van der Waals surface area contributed by atoms with Crippen LogP contribution in [0.5, 0.6) is 0 Å². The minimum Gasteiger partial charge on any atom is -0.378 e. The summed E-state index contributed by atoms with van der Waals surface area (Å²) < 4.78 is 18.4. The van der Waals surface area contributed by atoms with Gasteiger partial charge < -0.3 is 14.5 Å². The third kappa shape index (κ3) is 2.25. The Labute approximate surface area is 110 Å². The molecule has 0 aromatic carbocycles. The lowest BCUT2D eigenvalue weighted by Crippen LogP contribution is -2.43. The van der Waals surface area contributed by atoms with E-state index in [1.165, 1.54) is 0 Å². The Bertz CT molecular complexity index is 481. The van der Waals surface area contributed by atoms with Crippen LogP contribution in [-0.4, -0.2) is 60.2 Å². The van der Waals surface area contributed by atoms with Gasteiger partial charge in [0.05, 0.1) is 37.6 Å². The minimum absolute atomic E-state index is 0.0198. The van der Waals surface area contributed by atoms with E-state index in [-0.39, 0.29) is 17.9 Å². The first-order valence-electron chi connectivity index (χ1n) is 6.22. The van der Waals surface area contributed by atoms with Gasteiger partial charge in [0.25, 0.3) is 0 Å². The van der Waals surface area contributed by atoms with Gasteiger partial charge in [-0.15, -0.1) is 0 Å². The molecule has 2 aliphatic heterocycles. The summed E-state index contributed by atoms with van der Waals surface area (Å²) in [5.74, 6) is -0.130. The monoisotopic (exact) mass is 266 g/mol. The van der Waals surface area contributed by atoms with E-state index in [4.69, 9.17) is 4.74 Å². The Morgan fingerprint density at radius 1 is 1.32 bits per heavy atom. The van der Waals surface area contributed by atoms with Crippen molar-refractivity contribution in [3.8, 4) is 0 Å². The van der Waals surface area contributed by atoms with Crippen LogP contribution >= 0.6 is 0 Å². The van der Waals surface area contributed by atoms with Gasteiger partial charge >= 0.3 is 0 Å². The summed E-state index contributed by atoms with van der Waals surface area (Å²) in [6.07, 6.45) is 2.29. The second-order valence-electron chi connectivity index (χ2n) is 4.94. The van der Waals surface area contributed by atoms with Gasteiger partial charge in [0.2, 0.25) is 11.9 Å². The molecule has 0 unspecified atom stereocenters. The van der Waals surface area contributed by atoms with E-state index in [0.717, 1.165) is 12.4 Å². The first kappa shape index (κ1) is 12.3. The van der Waals surface area contributed by atoms with Crippen molar-refractivity contribution in [1.29, 1.82) is 0 Å². The first-order valence-corrected chi connectivity index (χ1v) is 6.22. The van der Waals surface area contributed by atoms with E-state index in [2.05, 4.69) is 9.97 Å². The van der Waals surface area contributed by atoms with Crippen molar-refractivity contribution in [3.63, 3.8) is 0 Å². The number of amides is 1. The molecule has 6 nitrogen and oxygen atoms in total. The van der Waals surface area contributed by atoms with Crippen molar-refractivity contribution in [2.24, 2.45) is 5.92 Å². The predicted octanol–water partition coefficient (Wildman–Crippen LogP) is -0.0909. The number of ether oxygens (including phenoxy) is 1. The van der Waals surface area contributed by atoms with E-state index in [1.807, 2.05) is 4.90 Å². The number of rotatable bonds is 1. The second kappa shape index (κ2) is 4.73. The van der Waals surface area contributed by atoms with Crippen LogP contribution in [0.3, 0.4) is 0 Å². The fourth-order valence-electron chi connectivity index (χ4n) is 2.53. The molecule has 0 spiro atoms. The van der Waals surface area contributed by atoms with E-state index in [1.54, 1.807) is 11.9 Å². The molecule has 0 aliphatic carbocycles. The van der Waals surface area contributed by atoms with Crippen molar-refractivity contribution in [2.45, 2.75) is 6.04 Å². The van der Waals surface area contributed by atoms with Crippen molar-refractivity contribution in [3.05, 3.63) is 18.2 Å². The van der Waals surface area contributed by atoms with Crippen LogP contribution in [0, 0.1) is 11.7 Å². The molecule has 2 atom stereocenters. The number of anilines is 1. The maximum atomic E-state index is 12.9. The molecule has 3 heterocycles. The molecular formula is C12H15FN4O2. The average Bonchev–Trinajstić information content (AvgIpc) is 2.57. The van der Waals surface area contributed by atoms with Gasteiger partial charge in [-0.3, -0.25) is 4.79 Å². The van der Waals surface area contributed by atoms with Crippen LogP contribution in [0.2, 0.25) is 0 Å². The number of carbonyl (C=O) groups is 1. The molecule has 2 saturated heterocycles. The molecule has 19 heavy (non-hydrogen) atoms. The number of nitrogens with zero attached hydrogens (tertiary/aromatic N) is 4. The van der Waals surface area contributed by atoms with Crippen LogP contribution in [0.4, 0.5) is 10.3 Å². The van der Waals surface area contributed by atoms with Gasteiger partial charge in [-0.25, -0.2) is 14.4 Å². The van der Waals surface area contributed by atoms with E-state index >= 15 is 0 Å². The molecule has 2 bridgehead atoms. The van der Waals surface area contributed by atoms with Crippen LogP contribution in [0.1, 0.15) is 0 Å². The maximum absolute atomic E-state index is 12.9. The molecule has 102 valence electrons. The van der Waals surface area contributed by atoms with Gasteiger partial charge in [-0.1, -0.05) is 0 Å². The second-order valence-corrected chi connectivity index (χ2v) is 4.94. The van der Waals surface area contributed by atoms with Crippen LogP contribution in [-0.2, 0) is 9.53 Å². The molecule has 2 aliphatic rings. The lowest BCUT2D eigenvalue weighted by atomic mass is 10.1. The molecule has 3 rings (SSSR count). The molecule has 0 radical (unpaired) electrons. The summed E-state index contributed by atoms with van der Waals surface area (Å²) >= 11 is 0. The molecule has 1 amide bonds. The fourth-order valence-corrected chi connectivity index (χ4v) is 2.53. The molecular weight excluding hydrogens is 251 g/mol. The normalized spacial score (nSPS) is 27.4. The molecule has 2 fully saturated rings. The number of carbonyl (C=O) groups excluding carboxylic acids is 1. The van der Waals surface area contributed by atoms with E-state index in [9.17, 15) is 9.18 Å². The maximum Gasteiger partial charge on any atom is 0.229 e. The van der Waals surface area contributed by atoms with Gasteiger partial charge in [-0.2, -0.15) is 0 Å². The third-order valence-electron chi connectivity index (χ3n) is 3.64.